The lowest BCUT2D eigenvalue weighted by Gasteiger charge is -2.13. The second-order valence-electron chi connectivity index (χ2n) is 6.81. The summed E-state index contributed by atoms with van der Waals surface area (Å²) < 4.78 is 13.6. The quantitative estimate of drug-likeness (QED) is 0.486. The molecule has 0 aliphatic heterocycles. The summed E-state index contributed by atoms with van der Waals surface area (Å²) in [5.74, 6) is 1.22. The van der Waals surface area contributed by atoms with Crippen LogP contribution in [0.1, 0.15) is 25.2 Å². The number of carbonyl (C=O) groups is 1. The molecule has 0 aliphatic rings. The molecular weight excluding hydrogens is 368 g/mol. The number of benzene rings is 2. The Morgan fingerprint density at radius 2 is 2.03 bits per heavy atom. The fraction of sp³-hybridized carbons (Fsp3) is 0.364. The van der Waals surface area contributed by atoms with Gasteiger partial charge in [-0.15, -0.1) is 0 Å². The molecule has 0 bridgehead atoms. The average Bonchev–Trinajstić information content (AvgIpc) is 3.08. The summed E-state index contributed by atoms with van der Waals surface area (Å²) in [6, 6.07) is 15.5. The maximum absolute atomic E-state index is 11.3. The van der Waals surface area contributed by atoms with Crippen LogP contribution in [0.25, 0.3) is 11.0 Å². The molecule has 0 aliphatic carbocycles. The van der Waals surface area contributed by atoms with Crippen molar-refractivity contribution in [1.29, 1.82) is 0 Å². The maximum atomic E-state index is 11.3. The van der Waals surface area contributed by atoms with Crippen LogP contribution in [0.4, 0.5) is 0 Å². The predicted octanol–water partition coefficient (Wildman–Crippen LogP) is 2.62. The van der Waals surface area contributed by atoms with Crippen LogP contribution < -0.4 is 15.8 Å². The van der Waals surface area contributed by atoms with E-state index in [0.29, 0.717) is 32.9 Å². The fourth-order valence-corrected chi connectivity index (χ4v) is 3.01. The van der Waals surface area contributed by atoms with Gasteiger partial charge in [-0.05, 0) is 31.5 Å². The molecule has 0 saturated heterocycles. The van der Waals surface area contributed by atoms with Crippen LogP contribution in [0.15, 0.2) is 48.5 Å². The number of fused-ring (bicyclic) bond motifs is 1. The molecule has 2 aromatic carbocycles. The summed E-state index contributed by atoms with van der Waals surface area (Å²) in [4.78, 5) is 16.0. The van der Waals surface area contributed by atoms with Crippen molar-refractivity contribution in [2.45, 2.75) is 39.6 Å². The van der Waals surface area contributed by atoms with Gasteiger partial charge in [0, 0.05) is 19.2 Å². The van der Waals surface area contributed by atoms with Gasteiger partial charge in [0.05, 0.1) is 30.2 Å². The smallest absolute Gasteiger partial charge is 0.234 e. The molecule has 1 amide bonds. The van der Waals surface area contributed by atoms with Gasteiger partial charge in [-0.3, -0.25) is 10.1 Å². The van der Waals surface area contributed by atoms with E-state index in [1.54, 1.807) is 6.92 Å². The van der Waals surface area contributed by atoms with Gasteiger partial charge in [-0.2, -0.15) is 0 Å². The van der Waals surface area contributed by atoms with Gasteiger partial charge in [0.25, 0.3) is 0 Å². The van der Waals surface area contributed by atoms with E-state index in [1.165, 1.54) is 0 Å². The normalized spacial score (nSPS) is 12.2. The Kier molecular flexibility index (Phi) is 7.21. The van der Waals surface area contributed by atoms with Gasteiger partial charge in [0.1, 0.15) is 18.2 Å². The summed E-state index contributed by atoms with van der Waals surface area (Å²) in [6.45, 7) is 6.55. The SMILES string of the molecule is CCOCCn1c(CN[C@@H](C)C(N)=O)nc2ccc(OCc3ccccc3)cc21. The van der Waals surface area contributed by atoms with E-state index in [4.69, 9.17) is 20.2 Å². The molecule has 7 nitrogen and oxygen atoms in total. The third kappa shape index (κ3) is 5.56. The van der Waals surface area contributed by atoms with Gasteiger partial charge in [-0.25, -0.2) is 4.98 Å². The molecule has 0 fully saturated rings. The number of nitrogens with two attached hydrogens (primary N) is 1. The third-order valence-electron chi connectivity index (χ3n) is 4.70. The number of aromatic nitrogens is 2. The lowest BCUT2D eigenvalue weighted by atomic mass is 10.2. The molecule has 7 heteroatoms. The minimum Gasteiger partial charge on any atom is -0.489 e. The number of nitrogens with zero attached hydrogens (tertiary/aromatic N) is 2. The number of hydrogen-bond donors (Lipinski definition) is 2. The highest BCUT2D eigenvalue weighted by Gasteiger charge is 2.14. The Morgan fingerprint density at radius 3 is 2.76 bits per heavy atom. The van der Waals surface area contributed by atoms with Crippen molar-refractivity contribution in [3.63, 3.8) is 0 Å². The van der Waals surface area contributed by atoms with Crippen LogP contribution >= 0.6 is 0 Å². The number of ether oxygens (including phenoxy) is 2. The summed E-state index contributed by atoms with van der Waals surface area (Å²) in [5.41, 5.74) is 8.30. The van der Waals surface area contributed by atoms with Crippen LogP contribution in [0.2, 0.25) is 0 Å². The average molecular weight is 396 g/mol. The first kappa shape index (κ1) is 20.8. The van der Waals surface area contributed by atoms with Crippen LogP contribution in [0.3, 0.4) is 0 Å². The first-order chi connectivity index (χ1) is 14.1. The Morgan fingerprint density at radius 1 is 1.24 bits per heavy atom. The first-order valence-electron chi connectivity index (χ1n) is 9.84. The van der Waals surface area contributed by atoms with Gasteiger partial charge in [0.15, 0.2) is 0 Å². The molecule has 1 heterocycles. The van der Waals surface area contributed by atoms with E-state index in [1.807, 2.05) is 55.5 Å². The number of carbonyl (C=O) groups excluding carboxylic acids is 1. The number of hydrogen-bond acceptors (Lipinski definition) is 5. The van der Waals surface area contributed by atoms with E-state index >= 15 is 0 Å². The summed E-state index contributed by atoms with van der Waals surface area (Å²) >= 11 is 0. The Balaban J connectivity index is 1.81. The predicted molar refractivity (Wildman–Crippen MR) is 112 cm³/mol. The van der Waals surface area contributed by atoms with E-state index < -0.39 is 11.9 Å². The highest BCUT2D eigenvalue weighted by atomic mass is 16.5. The van der Waals surface area contributed by atoms with Crippen LogP contribution in [-0.4, -0.2) is 34.7 Å². The fourth-order valence-electron chi connectivity index (χ4n) is 3.01. The summed E-state index contributed by atoms with van der Waals surface area (Å²) in [6.07, 6.45) is 0. The molecule has 29 heavy (non-hydrogen) atoms. The Bertz CT molecular complexity index is 940. The van der Waals surface area contributed by atoms with E-state index in [2.05, 4.69) is 9.88 Å². The first-order valence-corrected chi connectivity index (χ1v) is 9.84. The molecule has 0 unspecified atom stereocenters. The number of rotatable bonds is 11. The topological polar surface area (TPSA) is 91.4 Å². The van der Waals surface area contributed by atoms with Crippen molar-refractivity contribution in [3.05, 3.63) is 59.9 Å². The molecule has 0 saturated carbocycles. The third-order valence-corrected chi connectivity index (χ3v) is 4.70. The number of amides is 1. The van der Waals surface area contributed by atoms with E-state index in [-0.39, 0.29) is 0 Å². The summed E-state index contributed by atoms with van der Waals surface area (Å²) in [5, 5.41) is 3.12. The Labute approximate surface area is 170 Å². The molecule has 154 valence electrons. The van der Waals surface area contributed by atoms with Crippen molar-refractivity contribution in [2.75, 3.05) is 13.2 Å². The molecule has 0 radical (unpaired) electrons. The second kappa shape index (κ2) is 10.0. The Hall–Kier alpha value is -2.90. The van der Waals surface area contributed by atoms with Gasteiger partial charge < -0.3 is 19.8 Å². The van der Waals surface area contributed by atoms with Crippen molar-refractivity contribution in [3.8, 4) is 5.75 Å². The van der Waals surface area contributed by atoms with E-state index in [0.717, 1.165) is 28.2 Å². The van der Waals surface area contributed by atoms with Crippen molar-refractivity contribution in [1.82, 2.24) is 14.9 Å². The van der Waals surface area contributed by atoms with Crippen molar-refractivity contribution < 1.29 is 14.3 Å². The lowest BCUT2D eigenvalue weighted by molar-refractivity contribution is -0.119. The largest absolute Gasteiger partial charge is 0.489 e. The molecule has 1 aromatic heterocycles. The molecule has 3 rings (SSSR count). The lowest BCUT2D eigenvalue weighted by Crippen LogP contribution is -2.38. The van der Waals surface area contributed by atoms with Gasteiger partial charge in [-0.1, -0.05) is 30.3 Å². The van der Waals surface area contributed by atoms with Crippen LogP contribution in [0.5, 0.6) is 5.75 Å². The molecule has 0 spiro atoms. The zero-order chi connectivity index (χ0) is 20.6. The minimum atomic E-state index is -0.431. The molecule has 3 N–H and O–H groups in total. The zero-order valence-corrected chi connectivity index (χ0v) is 16.9. The van der Waals surface area contributed by atoms with Crippen molar-refractivity contribution in [2.24, 2.45) is 5.73 Å². The monoisotopic (exact) mass is 396 g/mol. The highest BCUT2D eigenvalue weighted by Crippen LogP contribution is 2.23. The number of nitrogens with one attached hydrogen (secondary N) is 1. The standard InChI is InChI=1S/C22H28N4O3/c1-3-28-12-11-26-20-13-18(29-15-17-7-5-4-6-8-17)9-10-19(20)25-21(26)14-24-16(2)22(23)27/h4-10,13,16,24H,3,11-12,14-15H2,1-2H3,(H2,23,27)/t16-/m0/s1. The molecular formula is C22H28N4O3. The van der Waals surface area contributed by atoms with Crippen LogP contribution in [0, 0.1) is 0 Å². The van der Waals surface area contributed by atoms with Gasteiger partial charge in [0.2, 0.25) is 5.91 Å². The number of primary amides is 1. The number of imidazole rings is 1. The maximum Gasteiger partial charge on any atom is 0.234 e. The summed E-state index contributed by atoms with van der Waals surface area (Å²) in [7, 11) is 0. The molecule has 3 aromatic rings. The van der Waals surface area contributed by atoms with E-state index in [9.17, 15) is 4.79 Å². The highest BCUT2D eigenvalue weighted by molar-refractivity contribution is 5.79. The zero-order valence-electron chi connectivity index (χ0n) is 16.9. The van der Waals surface area contributed by atoms with Crippen molar-refractivity contribution >= 4 is 16.9 Å². The second-order valence-corrected chi connectivity index (χ2v) is 6.81. The van der Waals surface area contributed by atoms with Crippen LogP contribution in [-0.2, 0) is 29.2 Å². The minimum absolute atomic E-state index is 0.390. The van der Waals surface area contributed by atoms with Gasteiger partial charge >= 0.3 is 0 Å². The molecule has 1 atom stereocenters.